The Kier molecular flexibility index (Phi) is 2.75. The number of carbonyl (C=O) groups excluding carboxylic acids is 2. The third-order valence-electron chi connectivity index (χ3n) is 2.70. The third kappa shape index (κ3) is 2.08. The largest absolute Gasteiger partial charge is 0.369 e. The standard InChI is InChI=1S/C11H10N4O2/c12-5-8-4-9(1-2-14-8)15-6-7(11(13)17)3-10(15)16/h1-2,4,7H,3,6H2,(H2,13,17). The van der Waals surface area contributed by atoms with Gasteiger partial charge >= 0.3 is 0 Å². The number of anilines is 1. The van der Waals surface area contributed by atoms with Gasteiger partial charge in [-0.3, -0.25) is 9.59 Å². The lowest BCUT2D eigenvalue weighted by atomic mass is 10.1. The van der Waals surface area contributed by atoms with Gasteiger partial charge in [0.25, 0.3) is 0 Å². The molecule has 1 aliphatic rings. The third-order valence-corrected chi connectivity index (χ3v) is 2.70. The number of nitrogens with zero attached hydrogens (tertiary/aromatic N) is 3. The zero-order valence-electron chi connectivity index (χ0n) is 8.96. The van der Waals surface area contributed by atoms with Gasteiger partial charge in [0, 0.05) is 24.8 Å². The van der Waals surface area contributed by atoms with E-state index in [1.54, 1.807) is 6.07 Å². The molecule has 0 aliphatic carbocycles. The van der Waals surface area contributed by atoms with E-state index in [0.717, 1.165) is 0 Å². The number of carbonyl (C=O) groups is 2. The maximum atomic E-state index is 11.7. The second-order valence-electron chi connectivity index (χ2n) is 3.82. The van der Waals surface area contributed by atoms with E-state index in [0.29, 0.717) is 5.69 Å². The number of nitriles is 1. The van der Waals surface area contributed by atoms with Gasteiger partial charge in [0.15, 0.2) is 0 Å². The zero-order chi connectivity index (χ0) is 12.4. The smallest absolute Gasteiger partial charge is 0.227 e. The number of nitrogens with two attached hydrogens (primary N) is 1. The van der Waals surface area contributed by atoms with Crippen molar-refractivity contribution in [1.82, 2.24) is 4.98 Å². The summed E-state index contributed by atoms with van der Waals surface area (Å²) in [5.41, 5.74) is 5.98. The van der Waals surface area contributed by atoms with Crippen molar-refractivity contribution in [3.63, 3.8) is 0 Å². The number of primary amides is 1. The van der Waals surface area contributed by atoms with Crippen LogP contribution in [0.4, 0.5) is 5.69 Å². The lowest BCUT2D eigenvalue weighted by molar-refractivity contribution is -0.123. The monoisotopic (exact) mass is 230 g/mol. The van der Waals surface area contributed by atoms with Gasteiger partial charge in [0.1, 0.15) is 11.8 Å². The first kappa shape index (κ1) is 11.1. The summed E-state index contributed by atoms with van der Waals surface area (Å²) in [6.45, 7) is 0.267. The highest BCUT2D eigenvalue weighted by Crippen LogP contribution is 2.24. The van der Waals surface area contributed by atoms with Crippen molar-refractivity contribution in [2.75, 3.05) is 11.4 Å². The lowest BCUT2D eigenvalue weighted by Crippen LogP contribution is -2.28. The Morgan fingerprint density at radius 3 is 3.00 bits per heavy atom. The summed E-state index contributed by atoms with van der Waals surface area (Å²) in [5.74, 6) is -1.10. The van der Waals surface area contributed by atoms with Gasteiger partial charge in [-0.1, -0.05) is 0 Å². The Bertz CT molecular complexity index is 520. The number of amides is 2. The molecule has 2 rings (SSSR count). The van der Waals surface area contributed by atoms with Gasteiger partial charge in [-0.25, -0.2) is 4.98 Å². The van der Waals surface area contributed by atoms with E-state index in [1.807, 2.05) is 6.07 Å². The van der Waals surface area contributed by atoms with Crippen molar-refractivity contribution >= 4 is 17.5 Å². The molecule has 86 valence electrons. The summed E-state index contributed by atoms with van der Waals surface area (Å²) in [6.07, 6.45) is 1.58. The normalized spacial score (nSPS) is 19.1. The van der Waals surface area contributed by atoms with Crippen molar-refractivity contribution in [2.24, 2.45) is 11.7 Å². The maximum absolute atomic E-state index is 11.7. The number of hydrogen-bond donors (Lipinski definition) is 1. The van der Waals surface area contributed by atoms with E-state index >= 15 is 0 Å². The summed E-state index contributed by atoms with van der Waals surface area (Å²) in [4.78, 5) is 28.0. The fraction of sp³-hybridized carbons (Fsp3) is 0.273. The first-order valence-corrected chi connectivity index (χ1v) is 5.07. The zero-order valence-corrected chi connectivity index (χ0v) is 8.96. The molecule has 0 saturated carbocycles. The summed E-state index contributed by atoms with van der Waals surface area (Å²) >= 11 is 0. The van der Waals surface area contributed by atoms with Crippen LogP contribution in [0.2, 0.25) is 0 Å². The predicted molar refractivity (Wildman–Crippen MR) is 58.6 cm³/mol. The molecule has 0 bridgehead atoms. The molecule has 2 heterocycles. The molecule has 1 aromatic heterocycles. The van der Waals surface area contributed by atoms with Crippen molar-refractivity contribution in [1.29, 1.82) is 5.26 Å². The second kappa shape index (κ2) is 4.22. The van der Waals surface area contributed by atoms with Gasteiger partial charge in [-0.2, -0.15) is 5.26 Å². The molecule has 2 N–H and O–H groups in total. The summed E-state index contributed by atoms with van der Waals surface area (Å²) in [7, 11) is 0. The van der Waals surface area contributed by atoms with Crippen LogP contribution in [0.1, 0.15) is 12.1 Å². The van der Waals surface area contributed by atoms with E-state index in [9.17, 15) is 9.59 Å². The Morgan fingerprint density at radius 1 is 1.65 bits per heavy atom. The van der Waals surface area contributed by atoms with Crippen LogP contribution >= 0.6 is 0 Å². The van der Waals surface area contributed by atoms with Crippen molar-refractivity contribution in [3.8, 4) is 6.07 Å². The molecule has 6 heteroatoms. The van der Waals surface area contributed by atoms with E-state index in [-0.39, 0.29) is 24.6 Å². The van der Waals surface area contributed by atoms with Gasteiger partial charge in [-0.05, 0) is 12.1 Å². The van der Waals surface area contributed by atoms with Crippen molar-refractivity contribution in [3.05, 3.63) is 24.0 Å². The highest BCUT2D eigenvalue weighted by atomic mass is 16.2. The number of hydrogen-bond acceptors (Lipinski definition) is 4. The molecule has 1 atom stereocenters. The quantitative estimate of drug-likeness (QED) is 0.759. The molecular weight excluding hydrogens is 220 g/mol. The molecule has 17 heavy (non-hydrogen) atoms. The van der Waals surface area contributed by atoms with Gasteiger partial charge < -0.3 is 10.6 Å². The fourth-order valence-electron chi connectivity index (χ4n) is 1.80. The average molecular weight is 230 g/mol. The number of aromatic nitrogens is 1. The van der Waals surface area contributed by atoms with E-state index in [4.69, 9.17) is 11.0 Å². The highest BCUT2D eigenvalue weighted by molar-refractivity contribution is 6.00. The van der Waals surface area contributed by atoms with Crippen molar-refractivity contribution in [2.45, 2.75) is 6.42 Å². The second-order valence-corrected chi connectivity index (χ2v) is 3.82. The molecule has 6 nitrogen and oxygen atoms in total. The maximum Gasteiger partial charge on any atom is 0.227 e. The summed E-state index contributed by atoms with van der Waals surface area (Å²) in [5, 5.41) is 8.72. The fourth-order valence-corrected chi connectivity index (χ4v) is 1.80. The van der Waals surface area contributed by atoms with Crippen LogP contribution in [0.3, 0.4) is 0 Å². The molecule has 1 saturated heterocycles. The van der Waals surface area contributed by atoms with Crippen LogP contribution in [0.25, 0.3) is 0 Å². The molecule has 0 spiro atoms. The minimum atomic E-state index is -0.476. The van der Waals surface area contributed by atoms with Gasteiger partial charge in [-0.15, -0.1) is 0 Å². The molecule has 1 unspecified atom stereocenters. The van der Waals surface area contributed by atoms with E-state index in [1.165, 1.54) is 17.2 Å². The lowest BCUT2D eigenvalue weighted by Gasteiger charge is -2.15. The Morgan fingerprint density at radius 2 is 2.41 bits per heavy atom. The molecular formula is C11H10N4O2. The van der Waals surface area contributed by atoms with Crippen LogP contribution in [-0.4, -0.2) is 23.3 Å². The minimum absolute atomic E-state index is 0.125. The Balaban J connectivity index is 2.26. The Labute approximate surface area is 97.7 Å². The first-order chi connectivity index (χ1) is 8.11. The van der Waals surface area contributed by atoms with Crippen LogP contribution in [0.15, 0.2) is 18.3 Å². The Hall–Kier alpha value is -2.42. The number of pyridine rings is 1. The minimum Gasteiger partial charge on any atom is -0.369 e. The van der Waals surface area contributed by atoms with Gasteiger partial charge in [0.2, 0.25) is 11.8 Å². The molecule has 1 fully saturated rings. The van der Waals surface area contributed by atoms with Crippen LogP contribution in [-0.2, 0) is 9.59 Å². The van der Waals surface area contributed by atoms with E-state index < -0.39 is 11.8 Å². The molecule has 2 amide bonds. The topological polar surface area (TPSA) is 100 Å². The van der Waals surface area contributed by atoms with Crippen molar-refractivity contribution < 1.29 is 9.59 Å². The summed E-state index contributed by atoms with van der Waals surface area (Å²) in [6, 6.07) is 5.04. The molecule has 1 aromatic rings. The molecule has 1 aliphatic heterocycles. The number of rotatable bonds is 2. The molecule has 0 aromatic carbocycles. The van der Waals surface area contributed by atoms with Crippen LogP contribution in [0, 0.1) is 17.2 Å². The SMILES string of the molecule is N#Cc1cc(N2CC(C(N)=O)CC2=O)ccn1. The van der Waals surface area contributed by atoms with Gasteiger partial charge in [0.05, 0.1) is 5.92 Å². The average Bonchev–Trinajstić information content (AvgIpc) is 2.72. The summed E-state index contributed by atoms with van der Waals surface area (Å²) < 4.78 is 0. The predicted octanol–water partition coefficient (Wildman–Crippen LogP) is -0.209. The van der Waals surface area contributed by atoms with Crippen LogP contribution < -0.4 is 10.6 Å². The van der Waals surface area contributed by atoms with Crippen LogP contribution in [0.5, 0.6) is 0 Å². The highest BCUT2D eigenvalue weighted by Gasteiger charge is 2.33. The van der Waals surface area contributed by atoms with E-state index in [2.05, 4.69) is 4.98 Å². The molecule has 0 radical (unpaired) electrons. The first-order valence-electron chi connectivity index (χ1n) is 5.07.